The van der Waals surface area contributed by atoms with Crippen molar-refractivity contribution in [3.05, 3.63) is 64.9 Å². The minimum absolute atomic E-state index is 0.283. The number of hydrogen-bond acceptors (Lipinski definition) is 9. The number of nitrogens with two attached hydrogens (primary N) is 2. The summed E-state index contributed by atoms with van der Waals surface area (Å²) in [6.07, 6.45) is 7.54. The van der Waals surface area contributed by atoms with Crippen LogP contribution >= 0.6 is 11.3 Å². The third-order valence-corrected chi connectivity index (χ3v) is 5.51. The fourth-order valence-electron chi connectivity index (χ4n) is 2.88. The van der Waals surface area contributed by atoms with Crippen LogP contribution in [-0.2, 0) is 0 Å². The molecule has 0 fully saturated rings. The van der Waals surface area contributed by atoms with Crippen LogP contribution in [0.3, 0.4) is 0 Å². The molecule has 0 unspecified atom stereocenters. The van der Waals surface area contributed by atoms with Gasteiger partial charge in [-0.2, -0.15) is 0 Å². The van der Waals surface area contributed by atoms with Gasteiger partial charge >= 0.3 is 0 Å². The lowest BCUT2D eigenvalue weighted by Crippen LogP contribution is -2.16. The molecule has 6 N–H and O–H groups in total. The Morgan fingerprint density at radius 1 is 1.30 bits per heavy atom. The summed E-state index contributed by atoms with van der Waals surface area (Å²) < 4.78 is 0. The van der Waals surface area contributed by atoms with Gasteiger partial charge in [0.1, 0.15) is 10.7 Å². The fourth-order valence-corrected chi connectivity index (χ4v) is 3.69. The van der Waals surface area contributed by atoms with Gasteiger partial charge in [0.2, 0.25) is 0 Å². The number of aliphatic imine (C=N–C) groups is 1. The molecule has 0 spiro atoms. The fraction of sp³-hybridized carbons (Fsp3) is 0.174. The number of hydrogen-bond donors (Lipinski definition) is 4. The molecule has 0 saturated carbocycles. The summed E-state index contributed by atoms with van der Waals surface area (Å²) in [5.74, 6) is -0.379. The maximum absolute atomic E-state index is 13.0. The van der Waals surface area contributed by atoms with Gasteiger partial charge in [0.25, 0.3) is 5.91 Å². The highest BCUT2D eigenvalue weighted by Gasteiger charge is 2.16. The number of likely N-dealkylation sites (N-methyl/N-ethyl adjacent to an activating group) is 1. The lowest BCUT2D eigenvalue weighted by Gasteiger charge is -2.14. The van der Waals surface area contributed by atoms with Crippen LogP contribution in [-0.4, -0.2) is 60.4 Å². The van der Waals surface area contributed by atoms with Crippen LogP contribution in [0.15, 0.2) is 53.1 Å². The minimum atomic E-state index is -0.379. The summed E-state index contributed by atoms with van der Waals surface area (Å²) in [5.41, 5.74) is 15.9. The molecule has 170 valence electrons. The quantitative estimate of drug-likeness (QED) is 0.284. The van der Waals surface area contributed by atoms with Crippen LogP contribution in [0.5, 0.6) is 0 Å². The summed E-state index contributed by atoms with van der Waals surface area (Å²) in [6, 6.07) is 7.07. The van der Waals surface area contributed by atoms with Gasteiger partial charge in [-0.05, 0) is 44.4 Å². The zero-order valence-corrected chi connectivity index (χ0v) is 19.3. The molecule has 0 atom stereocenters. The van der Waals surface area contributed by atoms with E-state index in [2.05, 4.69) is 20.3 Å². The SMILES string of the molecule is CN(C)CCN=Cc1cc(NC(=O)c2csc(-c3ccncc3)n2)c(/C(N)=C/C=N)cc1N. The van der Waals surface area contributed by atoms with Crippen LogP contribution in [0.1, 0.15) is 21.6 Å². The smallest absolute Gasteiger partial charge is 0.275 e. The van der Waals surface area contributed by atoms with Crippen molar-refractivity contribution in [2.45, 2.75) is 0 Å². The Hall–Kier alpha value is -3.89. The van der Waals surface area contributed by atoms with Gasteiger partial charge in [-0.15, -0.1) is 11.3 Å². The Kier molecular flexibility index (Phi) is 8.01. The van der Waals surface area contributed by atoms with Crippen molar-refractivity contribution in [1.82, 2.24) is 14.9 Å². The number of carbonyl (C=O) groups excluding carboxylic acids is 1. The molecule has 1 aromatic carbocycles. The predicted molar refractivity (Wildman–Crippen MR) is 136 cm³/mol. The number of nitrogens with zero attached hydrogens (tertiary/aromatic N) is 4. The maximum atomic E-state index is 13.0. The van der Waals surface area contributed by atoms with Crippen LogP contribution in [0.2, 0.25) is 0 Å². The van der Waals surface area contributed by atoms with Crippen molar-refractivity contribution in [3.8, 4) is 10.6 Å². The molecule has 0 aliphatic rings. The molecule has 0 aliphatic carbocycles. The van der Waals surface area contributed by atoms with E-state index in [1.807, 2.05) is 31.1 Å². The molecule has 0 saturated heterocycles. The maximum Gasteiger partial charge on any atom is 0.275 e. The zero-order valence-electron chi connectivity index (χ0n) is 18.4. The zero-order chi connectivity index (χ0) is 23.8. The first kappa shape index (κ1) is 23.8. The van der Waals surface area contributed by atoms with Gasteiger partial charge in [-0.25, -0.2) is 4.98 Å². The van der Waals surface area contributed by atoms with Crippen molar-refractivity contribution in [2.75, 3.05) is 38.2 Å². The molecule has 0 radical (unpaired) electrons. The third-order valence-electron chi connectivity index (χ3n) is 4.62. The Bertz CT molecular complexity index is 1180. The van der Waals surface area contributed by atoms with Gasteiger partial charge in [-0.1, -0.05) is 0 Å². The van der Waals surface area contributed by atoms with E-state index in [-0.39, 0.29) is 11.6 Å². The number of nitrogens with one attached hydrogen (secondary N) is 2. The van der Waals surface area contributed by atoms with Gasteiger partial charge < -0.3 is 27.1 Å². The summed E-state index contributed by atoms with van der Waals surface area (Å²) in [6.45, 7) is 1.42. The van der Waals surface area contributed by atoms with E-state index in [4.69, 9.17) is 16.9 Å². The molecule has 33 heavy (non-hydrogen) atoms. The topological polar surface area (TPSA) is 146 Å². The molecule has 3 rings (SSSR count). The highest BCUT2D eigenvalue weighted by atomic mass is 32.1. The van der Waals surface area contributed by atoms with Crippen molar-refractivity contribution < 1.29 is 4.79 Å². The summed E-state index contributed by atoms with van der Waals surface area (Å²) >= 11 is 1.37. The number of aromatic nitrogens is 2. The first-order valence-corrected chi connectivity index (χ1v) is 11.0. The molecule has 1 amide bonds. The molecule has 0 bridgehead atoms. The second kappa shape index (κ2) is 11.1. The number of anilines is 2. The van der Waals surface area contributed by atoms with Crippen LogP contribution in [0, 0.1) is 5.41 Å². The first-order chi connectivity index (χ1) is 15.9. The van der Waals surface area contributed by atoms with Crippen molar-refractivity contribution in [3.63, 3.8) is 0 Å². The molecule has 10 heteroatoms. The van der Waals surface area contributed by atoms with E-state index in [9.17, 15) is 4.79 Å². The molecule has 2 aromatic heterocycles. The van der Waals surface area contributed by atoms with Crippen LogP contribution in [0.4, 0.5) is 11.4 Å². The Balaban J connectivity index is 1.90. The average Bonchev–Trinajstić information content (AvgIpc) is 3.29. The highest BCUT2D eigenvalue weighted by Crippen LogP contribution is 2.28. The summed E-state index contributed by atoms with van der Waals surface area (Å²) in [4.78, 5) is 27.9. The Labute approximate surface area is 196 Å². The first-order valence-electron chi connectivity index (χ1n) is 10.1. The molecular weight excluding hydrogens is 436 g/mol. The molecule has 2 heterocycles. The normalized spacial score (nSPS) is 11.8. The number of amides is 1. The number of rotatable bonds is 9. The number of allylic oxidation sites excluding steroid dienone is 1. The highest BCUT2D eigenvalue weighted by molar-refractivity contribution is 7.13. The van der Waals surface area contributed by atoms with Crippen molar-refractivity contribution in [2.24, 2.45) is 10.7 Å². The largest absolute Gasteiger partial charge is 0.398 e. The lowest BCUT2D eigenvalue weighted by atomic mass is 10.0. The molecule has 3 aromatic rings. The van der Waals surface area contributed by atoms with Crippen molar-refractivity contribution >= 4 is 46.7 Å². The van der Waals surface area contributed by atoms with E-state index in [1.165, 1.54) is 17.4 Å². The van der Waals surface area contributed by atoms with Gasteiger partial charge in [0.05, 0.1) is 12.2 Å². The number of nitrogen functional groups attached to an aromatic ring is 1. The van der Waals surface area contributed by atoms with E-state index in [0.29, 0.717) is 34.7 Å². The van der Waals surface area contributed by atoms with E-state index in [1.54, 1.807) is 36.1 Å². The summed E-state index contributed by atoms with van der Waals surface area (Å²) in [7, 11) is 3.95. The van der Waals surface area contributed by atoms with E-state index in [0.717, 1.165) is 23.3 Å². The third kappa shape index (κ3) is 6.31. The number of thiazole rings is 1. The monoisotopic (exact) mass is 462 g/mol. The standard InChI is InChI=1S/C23H26N8OS/c1-31(2)10-9-28-13-16-11-20(17(12-19(16)26)18(25)3-6-24)29-22(32)21-14-33-23(30-21)15-4-7-27-8-5-15/h3-8,11-14,24H,9-10,25-26H2,1-2H3,(H,29,32)/b18-3-,24-6?,28-13?. The second-order valence-electron chi connectivity index (χ2n) is 7.38. The predicted octanol–water partition coefficient (Wildman–Crippen LogP) is 2.97. The lowest BCUT2D eigenvalue weighted by molar-refractivity contribution is 0.102. The van der Waals surface area contributed by atoms with Gasteiger partial charge in [-0.3, -0.25) is 14.8 Å². The Morgan fingerprint density at radius 2 is 2.06 bits per heavy atom. The number of carbonyl (C=O) groups is 1. The van der Waals surface area contributed by atoms with Crippen molar-refractivity contribution in [1.29, 1.82) is 5.41 Å². The van der Waals surface area contributed by atoms with E-state index < -0.39 is 0 Å². The number of benzene rings is 1. The second-order valence-corrected chi connectivity index (χ2v) is 8.24. The minimum Gasteiger partial charge on any atom is -0.398 e. The molecule has 9 nitrogen and oxygen atoms in total. The van der Waals surface area contributed by atoms with Crippen LogP contribution < -0.4 is 16.8 Å². The van der Waals surface area contributed by atoms with Gasteiger partial charge in [0.15, 0.2) is 0 Å². The molecular formula is C23H26N8OS. The van der Waals surface area contributed by atoms with E-state index >= 15 is 0 Å². The molecule has 0 aliphatic heterocycles. The van der Waals surface area contributed by atoms with Crippen LogP contribution in [0.25, 0.3) is 16.3 Å². The Morgan fingerprint density at radius 3 is 2.76 bits per heavy atom. The van der Waals surface area contributed by atoms with Gasteiger partial charge in [0, 0.05) is 64.8 Å². The summed E-state index contributed by atoms with van der Waals surface area (Å²) in [5, 5.41) is 12.6. The number of pyridine rings is 1. The average molecular weight is 463 g/mol.